The van der Waals surface area contributed by atoms with Crippen LogP contribution < -0.4 is 4.90 Å². The van der Waals surface area contributed by atoms with Gasteiger partial charge in [-0.15, -0.1) is 0 Å². The zero-order valence-electron chi connectivity index (χ0n) is 9.63. The van der Waals surface area contributed by atoms with Gasteiger partial charge in [0.1, 0.15) is 11.4 Å². The molecule has 2 aliphatic rings. The quantitative estimate of drug-likeness (QED) is 0.681. The summed E-state index contributed by atoms with van der Waals surface area (Å²) in [6.45, 7) is 1.70. The van der Waals surface area contributed by atoms with Crippen molar-refractivity contribution in [1.82, 2.24) is 9.97 Å². The molecule has 2 fully saturated rings. The van der Waals surface area contributed by atoms with E-state index in [2.05, 4.69) is 14.9 Å². The number of piperidine rings is 1. The van der Waals surface area contributed by atoms with E-state index in [9.17, 15) is 4.79 Å². The normalized spacial score (nSPS) is 28.5. The van der Waals surface area contributed by atoms with Crippen molar-refractivity contribution in [2.45, 2.75) is 31.3 Å². The van der Waals surface area contributed by atoms with E-state index < -0.39 is 0 Å². The fourth-order valence-electron chi connectivity index (χ4n) is 2.71. The Labute approximate surface area is 99.8 Å². The lowest BCUT2D eigenvalue weighted by Crippen LogP contribution is -2.48. The van der Waals surface area contributed by atoms with Crippen molar-refractivity contribution in [2.75, 3.05) is 18.0 Å². The van der Waals surface area contributed by atoms with E-state index in [1.165, 1.54) is 0 Å². The van der Waals surface area contributed by atoms with Crippen LogP contribution in [0.2, 0.25) is 0 Å². The van der Waals surface area contributed by atoms with Gasteiger partial charge in [-0.2, -0.15) is 0 Å². The Hall–Kier alpha value is -1.65. The molecule has 0 amide bonds. The molecule has 0 N–H and O–H groups in total. The van der Waals surface area contributed by atoms with Gasteiger partial charge in [-0.05, 0) is 19.3 Å². The standard InChI is InChI=1S/C12H15N3O2/c16-11-2-4-12(17-11)3-1-7-15(9-12)10-8-13-5-6-14-10/h5-6,8H,1-4,7,9H2. The molecular weight excluding hydrogens is 218 g/mol. The van der Waals surface area contributed by atoms with Crippen LogP contribution >= 0.6 is 0 Å². The van der Waals surface area contributed by atoms with Crippen molar-refractivity contribution < 1.29 is 9.53 Å². The first kappa shape index (κ1) is 10.5. The van der Waals surface area contributed by atoms with Gasteiger partial charge in [-0.3, -0.25) is 9.78 Å². The number of rotatable bonds is 1. The molecule has 1 atom stereocenters. The van der Waals surface area contributed by atoms with Crippen LogP contribution in [0.5, 0.6) is 0 Å². The molecule has 3 rings (SSSR count). The zero-order valence-corrected chi connectivity index (χ0v) is 9.63. The molecule has 1 aromatic heterocycles. The molecule has 0 saturated carbocycles. The minimum Gasteiger partial charge on any atom is -0.457 e. The highest BCUT2D eigenvalue weighted by molar-refractivity contribution is 5.72. The Morgan fingerprint density at radius 2 is 2.29 bits per heavy atom. The van der Waals surface area contributed by atoms with Crippen LogP contribution in [0.1, 0.15) is 25.7 Å². The number of esters is 1. The lowest BCUT2D eigenvalue weighted by atomic mass is 9.90. The first-order chi connectivity index (χ1) is 8.27. The number of carbonyl (C=O) groups excluding carboxylic acids is 1. The molecule has 5 heteroatoms. The molecule has 3 heterocycles. The molecule has 1 unspecified atom stereocenters. The largest absolute Gasteiger partial charge is 0.457 e. The van der Waals surface area contributed by atoms with Crippen molar-refractivity contribution in [2.24, 2.45) is 0 Å². The van der Waals surface area contributed by atoms with Gasteiger partial charge in [-0.1, -0.05) is 0 Å². The average molecular weight is 233 g/mol. The van der Waals surface area contributed by atoms with Crippen LogP contribution in [0, 0.1) is 0 Å². The molecule has 2 saturated heterocycles. The summed E-state index contributed by atoms with van der Waals surface area (Å²) in [6.07, 6.45) is 8.50. The minimum absolute atomic E-state index is 0.0639. The third kappa shape index (κ3) is 1.97. The maximum atomic E-state index is 11.3. The summed E-state index contributed by atoms with van der Waals surface area (Å²) < 4.78 is 5.51. The third-order valence-electron chi connectivity index (χ3n) is 3.53. The van der Waals surface area contributed by atoms with Gasteiger partial charge in [0.2, 0.25) is 0 Å². The van der Waals surface area contributed by atoms with Crippen molar-refractivity contribution >= 4 is 11.8 Å². The molecule has 0 aliphatic carbocycles. The zero-order chi connectivity index (χ0) is 11.7. The maximum Gasteiger partial charge on any atom is 0.306 e. The van der Waals surface area contributed by atoms with Crippen molar-refractivity contribution in [3.63, 3.8) is 0 Å². The number of aromatic nitrogens is 2. The highest BCUT2D eigenvalue weighted by Gasteiger charge is 2.43. The molecule has 1 spiro atoms. The lowest BCUT2D eigenvalue weighted by molar-refractivity contribution is -0.148. The Morgan fingerprint density at radius 3 is 3.00 bits per heavy atom. The van der Waals surface area contributed by atoms with E-state index in [0.717, 1.165) is 38.2 Å². The van der Waals surface area contributed by atoms with Crippen LogP contribution in [-0.4, -0.2) is 34.6 Å². The molecule has 90 valence electrons. The fourth-order valence-corrected chi connectivity index (χ4v) is 2.71. The van der Waals surface area contributed by atoms with Gasteiger partial charge >= 0.3 is 5.97 Å². The van der Waals surface area contributed by atoms with Gasteiger partial charge in [0.25, 0.3) is 0 Å². The molecule has 5 nitrogen and oxygen atoms in total. The number of carbonyl (C=O) groups is 1. The highest BCUT2D eigenvalue weighted by atomic mass is 16.6. The number of anilines is 1. The van der Waals surface area contributed by atoms with E-state index >= 15 is 0 Å². The van der Waals surface area contributed by atoms with Crippen molar-refractivity contribution in [1.29, 1.82) is 0 Å². The Morgan fingerprint density at radius 1 is 1.35 bits per heavy atom. The van der Waals surface area contributed by atoms with Gasteiger partial charge in [0.15, 0.2) is 0 Å². The van der Waals surface area contributed by atoms with Crippen molar-refractivity contribution in [3.05, 3.63) is 18.6 Å². The Balaban J connectivity index is 1.78. The van der Waals surface area contributed by atoms with Crippen molar-refractivity contribution in [3.8, 4) is 0 Å². The number of hydrogen-bond acceptors (Lipinski definition) is 5. The summed E-state index contributed by atoms with van der Waals surface area (Å²) in [5, 5.41) is 0. The summed E-state index contributed by atoms with van der Waals surface area (Å²) >= 11 is 0. The van der Waals surface area contributed by atoms with E-state index in [-0.39, 0.29) is 11.6 Å². The summed E-state index contributed by atoms with van der Waals surface area (Å²) in [5.74, 6) is 0.806. The van der Waals surface area contributed by atoms with Gasteiger partial charge in [-0.25, -0.2) is 4.98 Å². The Bertz CT molecular complexity index is 423. The number of ether oxygens (including phenoxy) is 1. The predicted octanol–water partition coefficient (Wildman–Crippen LogP) is 1.15. The molecule has 2 aliphatic heterocycles. The van der Waals surface area contributed by atoms with Crippen LogP contribution in [0.25, 0.3) is 0 Å². The van der Waals surface area contributed by atoms with Crippen LogP contribution in [-0.2, 0) is 9.53 Å². The molecule has 0 bridgehead atoms. The van der Waals surface area contributed by atoms with E-state index in [4.69, 9.17) is 4.74 Å². The second-order valence-corrected chi connectivity index (χ2v) is 4.75. The SMILES string of the molecule is O=C1CCC2(CCCN(c3cnccn3)C2)O1. The fraction of sp³-hybridized carbons (Fsp3) is 0.583. The second-order valence-electron chi connectivity index (χ2n) is 4.75. The molecule has 1 aromatic rings. The summed E-state index contributed by atoms with van der Waals surface area (Å²) in [4.78, 5) is 21.8. The summed E-state index contributed by atoms with van der Waals surface area (Å²) in [7, 11) is 0. The molecule has 17 heavy (non-hydrogen) atoms. The summed E-state index contributed by atoms with van der Waals surface area (Å²) in [6, 6.07) is 0. The molecule has 0 radical (unpaired) electrons. The van der Waals surface area contributed by atoms with Crippen LogP contribution in [0.15, 0.2) is 18.6 Å². The maximum absolute atomic E-state index is 11.3. The topological polar surface area (TPSA) is 55.3 Å². The van der Waals surface area contributed by atoms with Gasteiger partial charge in [0, 0.05) is 25.4 Å². The van der Waals surface area contributed by atoms with E-state index in [1.54, 1.807) is 18.6 Å². The summed E-state index contributed by atoms with van der Waals surface area (Å²) in [5.41, 5.74) is -0.271. The van der Waals surface area contributed by atoms with Gasteiger partial charge in [0.05, 0.1) is 12.7 Å². The molecule has 0 aromatic carbocycles. The molecular formula is C12H15N3O2. The first-order valence-corrected chi connectivity index (χ1v) is 6.00. The monoisotopic (exact) mass is 233 g/mol. The van der Waals surface area contributed by atoms with Crippen LogP contribution in [0.3, 0.4) is 0 Å². The smallest absolute Gasteiger partial charge is 0.306 e. The third-order valence-corrected chi connectivity index (χ3v) is 3.53. The lowest BCUT2D eigenvalue weighted by Gasteiger charge is -2.39. The Kier molecular flexibility index (Phi) is 2.46. The highest BCUT2D eigenvalue weighted by Crippen LogP contribution is 2.36. The average Bonchev–Trinajstić information content (AvgIpc) is 2.71. The second kappa shape index (κ2) is 3.98. The van der Waals surface area contributed by atoms with Gasteiger partial charge < -0.3 is 9.64 Å². The number of hydrogen-bond donors (Lipinski definition) is 0. The minimum atomic E-state index is -0.271. The number of nitrogens with zero attached hydrogens (tertiary/aromatic N) is 3. The van der Waals surface area contributed by atoms with E-state index in [0.29, 0.717) is 6.42 Å². The van der Waals surface area contributed by atoms with Crippen LogP contribution in [0.4, 0.5) is 5.82 Å². The van der Waals surface area contributed by atoms with E-state index in [1.807, 2.05) is 0 Å². The first-order valence-electron chi connectivity index (χ1n) is 6.00. The predicted molar refractivity (Wildman–Crippen MR) is 61.5 cm³/mol.